The van der Waals surface area contributed by atoms with Gasteiger partial charge in [0.15, 0.2) is 0 Å². The number of rotatable bonds is 3. The molecule has 3 heteroatoms. The number of benzene rings is 2. The summed E-state index contributed by atoms with van der Waals surface area (Å²) in [6.45, 7) is 2.91. The van der Waals surface area contributed by atoms with E-state index in [9.17, 15) is 4.79 Å². The average Bonchev–Trinajstić information content (AvgIpc) is 2.84. The molecule has 0 atom stereocenters. The van der Waals surface area contributed by atoms with Crippen LogP contribution >= 0.6 is 0 Å². The minimum Gasteiger partial charge on any atom is -0.465 e. The highest BCUT2D eigenvalue weighted by molar-refractivity contribution is 5.89. The maximum absolute atomic E-state index is 11.4. The topological polar surface area (TPSA) is 31.2 Å². The largest absolute Gasteiger partial charge is 0.465 e. The molecule has 3 aromatic rings. The van der Waals surface area contributed by atoms with Crippen molar-refractivity contribution in [2.45, 2.75) is 13.5 Å². The van der Waals surface area contributed by atoms with Crippen LogP contribution in [-0.2, 0) is 11.3 Å². The molecular formula is C18H17NO2. The van der Waals surface area contributed by atoms with Crippen LogP contribution in [-0.4, -0.2) is 17.6 Å². The first-order chi connectivity index (χ1) is 10.2. The summed E-state index contributed by atoms with van der Waals surface area (Å²) in [5.41, 5.74) is 4.24. The molecule has 21 heavy (non-hydrogen) atoms. The van der Waals surface area contributed by atoms with Crippen LogP contribution in [0.2, 0.25) is 0 Å². The highest BCUT2D eigenvalue weighted by Crippen LogP contribution is 2.21. The minimum absolute atomic E-state index is 0.302. The minimum atomic E-state index is -0.302. The molecule has 2 aromatic carbocycles. The van der Waals surface area contributed by atoms with E-state index >= 15 is 0 Å². The molecule has 0 spiro atoms. The van der Waals surface area contributed by atoms with Gasteiger partial charge in [0.05, 0.1) is 12.7 Å². The molecule has 0 saturated carbocycles. The number of ether oxygens (including phenoxy) is 1. The Balaban J connectivity index is 1.90. The van der Waals surface area contributed by atoms with Gasteiger partial charge in [0.1, 0.15) is 0 Å². The fourth-order valence-corrected chi connectivity index (χ4v) is 2.62. The molecule has 1 heterocycles. The van der Waals surface area contributed by atoms with E-state index in [1.807, 2.05) is 12.1 Å². The van der Waals surface area contributed by atoms with Crippen molar-refractivity contribution in [1.82, 2.24) is 4.57 Å². The standard InChI is InChI=1S/C18H17NO2/c1-13-11-19(17-6-4-3-5-16(13)17)12-14-7-9-15(10-8-14)18(20)21-2/h3-11H,12H2,1-2H3. The van der Waals surface area contributed by atoms with Crippen molar-refractivity contribution in [1.29, 1.82) is 0 Å². The molecule has 0 aliphatic rings. The van der Waals surface area contributed by atoms with Crippen LogP contribution < -0.4 is 0 Å². The third-order valence-electron chi connectivity index (χ3n) is 3.72. The molecule has 0 aliphatic heterocycles. The van der Waals surface area contributed by atoms with Gasteiger partial charge in [-0.05, 0) is 36.2 Å². The van der Waals surface area contributed by atoms with E-state index in [4.69, 9.17) is 4.74 Å². The summed E-state index contributed by atoms with van der Waals surface area (Å²) < 4.78 is 6.95. The maximum atomic E-state index is 11.4. The van der Waals surface area contributed by atoms with Gasteiger partial charge in [0.2, 0.25) is 0 Å². The number of fused-ring (bicyclic) bond motifs is 1. The van der Waals surface area contributed by atoms with Crippen LogP contribution in [0.15, 0.2) is 54.7 Å². The summed E-state index contributed by atoms with van der Waals surface area (Å²) in [5.74, 6) is -0.302. The smallest absolute Gasteiger partial charge is 0.337 e. The predicted molar refractivity (Wildman–Crippen MR) is 83.6 cm³/mol. The van der Waals surface area contributed by atoms with Crippen LogP contribution in [0.4, 0.5) is 0 Å². The van der Waals surface area contributed by atoms with Gasteiger partial charge in [-0.2, -0.15) is 0 Å². The van der Waals surface area contributed by atoms with Gasteiger partial charge in [-0.3, -0.25) is 0 Å². The predicted octanol–water partition coefficient (Wildman–Crippen LogP) is 3.78. The van der Waals surface area contributed by atoms with E-state index in [2.05, 4.69) is 42.0 Å². The Morgan fingerprint density at radius 3 is 2.52 bits per heavy atom. The zero-order valence-corrected chi connectivity index (χ0v) is 12.2. The van der Waals surface area contributed by atoms with E-state index < -0.39 is 0 Å². The van der Waals surface area contributed by atoms with Gasteiger partial charge in [-0.25, -0.2) is 4.79 Å². The molecule has 106 valence electrons. The van der Waals surface area contributed by atoms with Gasteiger partial charge in [-0.1, -0.05) is 30.3 Å². The molecule has 3 nitrogen and oxygen atoms in total. The zero-order valence-electron chi connectivity index (χ0n) is 12.2. The first-order valence-corrected chi connectivity index (χ1v) is 6.91. The van der Waals surface area contributed by atoms with Crippen molar-refractivity contribution in [3.63, 3.8) is 0 Å². The van der Waals surface area contributed by atoms with E-state index in [-0.39, 0.29) is 5.97 Å². The number of nitrogens with zero attached hydrogens (tertiary/aromatic N) is 1. The SMILES string of the molecule is COC(=O)c1ccc(Cn2cc(C)c3ccccc32)cc1. The molecule has 0 bridgehead atoms. The Morgan fingerprint density at radius 1 is 1.10 bits per heavy atom. The number of carbonyl (C=O) groups is 1. The molecule has 1 aromatic heterocycles. The zero-order chi connectivity index (χ0) is 14.8. The molecule has 0 fully saturated rings. The number of para-hydroxylation sites is 1. The van der Waals surface area contributed by atoms with Gasteiger partial charge in [0, 0.05) is 23.6 Å². The molecule has 0 saturated heterocycles. The summed E-state index contributed by atoms with van der Waals surface area (Å²) in [7, 11) is 1.39. The van der Waals surface area contributed by atoms with Crippen LogP contribution in [0.25, 0.3) is 10.9 Å². The lowest BCUT2D eigenvalue weighted by Gasteiger charge is -2.06. The first kappa shape index (κ1) is 13.4. The number of methoxy groups -OCH3 is 1. The summed E-state index contributed by atoms with van der Waals surface area (Å²) in [4.78, 5) is 11.4. The molecule has 0 unspecified atom stereocenters. The Labute approximate surface area is 123 Å². The Hall–Kier alpha value is -2.55. The summed E-state index contributed by atoms with van der Waals surface area (Å²) >= 11 is 0. The van der Waals surface area contributed by atoms with Crippen molar-refractivity contribution in [2.75, 3.05) is 7.11 Å². The highest BCUT2D eigenvalue weighted by atomic mass is 16.5. The Bertz CT molecular complexity index is 785. The lowest BCUT2D eigenvalue weighted by atomic mass is 10.1. The summed E-state index contributed by atoms with van der Waals surface area (Å²) in [6.07, 6.45) is 2.17. The van der Waals surface area contributed by atoms with Gasteiger partial charge in [0.25, 0.3) is 0 Å². The van der Waals surface area contributed by atoms with E-state index in [0.717, 1.165) is 12.1 Å². The van der Waals surface area contributed by atoms with Crippen molar-refractivity contribution in [2.24, 2.45) is 0 Å². The fourth-order valence-electron chi connectivity index (χ4n) is 2.62. The third-order valence-corrected chi connectivity index (χ3v) is 3.72. The molecule has 0 aliphatic carbocycles. The number of aromatic nitrogens is 1. The lowest BCUT2D eigenvalue weighted by Crippen LogP contribution is -2.02. The van der Waals surface area contributed by atoms with Crippen LogP contribution in [0, 0.1) is 6.92 Å². The van der Waals surface area contributed by atoms with Crippen LogP contribution in [0.5, 0.6) is 0 Å². The number of hydrogen-bond donors (Lipinski definition) is 0. The first-order valence-electron chi connectivity index (χ1n) is 6.91. The second-order valence-electron chi connectivity index (χ2n) is 5.15. The van der Waals surface area contributed by atoms with Crippen molar-refractivity contribution >= 4 is 16.9 Å². The average molecular weight is 279 g/mol. The fraction of sp³-hybridized carbons (Fsp3) is 0.167. The lowest BCUT2D eigenvalue weighted by molar-refractivity contribution is 0.0600. The summed E-state index contributed by atoms with van der Waals surface area (Å²) in [5, 5.41) is 1.28. The van der Waals surface area contributed by atoms with E-state index in [0.29, 0.717) is 5.56 Å². The molecule has 0 radical (unpaired) electrons. The number of esters is 1. The quantitative estimate of drug-likeness (QED) is 0.683. The second-order valence-corrected chi connectivity index (χ2v) is 5.15. The summed E-state index contributed by atoms with van der Waals surface area (Å²) in [6, 6.07) is 15.9. The van der Waals surface area contributed by atoms with Gasteiger partial charge >= 0.3 is 5.97 Å². The molecule has 0 N–H and O–H groups in total. The Kier molecular flexibility index (Phi) is 3.48. The number of carbonyl (C=O) groups excluding carboxylic acids is 1. The number of aryl methyl sites for hydroxylation is 1. The molecular weight excluding hydrogens is 262 g/mol. The van der Waals surface area contributed by atoms with Crippen molar-refractivity contribution < 1.29 is 9.53 Å². The van der Waals surface area contributed by atoms with E-state index in [1.165, 1.54) is 23.6 Å². The van der Waals surface area contributed by atoms with E-state index in [1.54, 1.807) is 12.1 Å². The number of hydrogen-bond acceptors (Lipinski definition) is 2. The normalized spacial score (nSPS) is 10.8. The van der Waals surface area contributed by atoms with Crippen LogP contribution in [0.1, 0.15) is 21.5 Å². The second kappa shape index (κ2) is 5.44. The highest BCUT2D eigenvalue weighted by Gasteiger charge is 2.07. The Morgan fingerprint density at radius 2 is 1.81 bits per heavy atom. The van der Waals surface area contributed by atoms with Crippen LogP contribution in [0.3, 0.4) is 0 Å². The maximum Gasteiger partial charge on any atom is 0.337 e. The monoisotopic (exact) mass is 279 g/mol. The van der Waals surface area contributed by atoms with Gasteiger partial charge in [-0.15, -0.1) is 0 Å². The third kappa shape index (κ3) is 2.55. The molecule has 0 amide bonds. The van der Waals surface area contributed by atoms with Crippen molar-refractivity contribution in [3.05, 3.63) is 71.4 Å². The van der Waals surface area contributed by atoms with Gasteiger partial charge < -0.3 is 9.30 Å². The van der Waals surface area contributed by atoms with Crippen molar-refractivity contribution in [3.8, 4) is 0 Å². The molecule has 3 rings (SSSR count).